The van der Waals surface area contributed by atoms with E-state index in [1.165, 1.54) is 11.8 Å². The lowest BCUT2D eigenvalue weighted by Crippen LogP contribution is -2.27. The number of carbonyl (C=O) groups excluding carboxylic acids is 1. The van der Waals surface area contributed by atoms with Crippen LogP contribution in [0.5, 0.6) is 0 Å². The maximum atomic E-state index is 12.1. The monoisotopic (exact) mass is 316 g/mol. The minimum Gasteiger partial charge on any atom is -0.437 e. The summed E-state index contributed by atoms with van der Waals surface area (Å²) in [6, 6.07) is 9.62. The lowest BCUT2D eigenvalue weighted by atomic mass is 10.2. The highest BCUT2D eigenvalue weighted by molar-refractivity contribution is 8.26. The van der Waals surface area contributed by atoms with Crippen molar-refractivity contribution in [1.82, 2.24) is 9.88 Å². The van der Waals surface area contributed by atoms with E-state index in [0.717, 1.165) is 5.56 Å². The van der Waals surface area contributed by atoms with Crippen molar-refractivity contribution in [2.45, 2.75) is 6.92 Å². The van der Waals surface area contributed by atoms with Gasteiger partial charge in [0.25, 0.3) is 5.91 Å². The molecule has 3 rings (SSSR count). The number of likely N-dealkylation sites (N-methyl/N-ethyl adjacent to an activating group) is 1. The normalized spacial score (nSPS) is 17.0. The van der Waals surface area contributed by atoms with Crippen molar-refractivity contribution in [3.63, 3.8) is 0 Å². The molecule has 1 amide bonds. The molecule has 0 atom stereocenters. The Morgan fingerprint density at radius 3 is 2.81 bits per heavy atom. The van der Waals surface area contributed by atoms with Crippen molar-refractivity contribution in [3.8, 4) is 11.5 Å². The summed E-state index contributed by atoms with van der Waals surface area (Å²) >= 11 is 6.46. The second-order valence-corrected chi connectivity index (χ2v) is 6.04. The van der Waals surface area contributed by atoms with Gasteiger partial charge in [0.1, 0.15) is 10.1 Å². The van der Waals surface area contributed by atoms with Gasteiger partial charge in [0, 0.05) is 18.2 Å². The van der Waals surface area contributed by atoms with Crippen LogP contribution in [0.1, 0.15) is 12.7 Å². The van der Waals surface area contributed by atoms with E-state index in [9.17, 15) is 4.79 Å². The molecular weight excluding hydrogens is 304 g/mol. The third kappa shape index (κ3) is 2.77. The molecule has 1 aromatic heterocycles. The minimum atomic E-state index is -0.0786. The summed E-state index contributed by atoms with van der Waals surface area (Å²) in [5, 5.41) is 0. The number of nitrogens with zero attached hydrogens (tertiary/aromatic N) is 2. The number of oxazole rings is 1. The molecule has 2 aromatic rings. The van der Waals surface area contributed by atoms with Crippen LogP contribution in [0.25, 0.3) is 17.5 Å². The molecule has 0 unspecified atom stereocenters. The molecule has 1 saturated heterocycles. The van der Waals surface area contributed by atoms with Crippen LogP contribution < -0.4 is 0 Å². The number of thioether (sulfide) groups is 1. The van der Waals surface area contributed by atoms with Crippen LogP contribution in [0, 0.1) is 0 Å². The Hall–Kier alpha value is -1.92. The molecule has 1 aliphatic rings. The smallest absolute Gasteiger partial charge is 0.266 e. The van der Waals surface area contributed by atoms with Crippen molar-refractivity contribution in [2.24, 2.45) is 0 Å². The fourth-order valence-electron chi connectivity index (χ4n) is 1.97. The molecule has 2 heterocycles. The second-order valence-electron chi connectivity index (χ2n) is 4.36. The van der Waals surface area contributed by atoms with Crippen molar-refractivity contribution < 1.29 is 9.21 Å². The first-order valence-corrected chi connectivity index (χ1v) is 7.68. The van der Waals surface area contributed by atoms with Gasteiger partial charge in [-0.05, 0) is 19.1 Å². The summed E-state index contributed by atoms with van der Waals surface area (Å²) < 4.78 is 6.25. The minimum absolute atomic E-state index is 0.0786. The maximum Gasteiger partial charge on any atom is 0.266 e. The van der Waals surface area contributed by atoms with Gasteiger partial charge >= 0.3 is 0 Å². The maximum absolute atomic E-state index is 12.1. The summed E-state index contributed by atoms with van der Waals surface area (Å²) in [6.07, 6.45) is 3.30. The van der Waals surface area contributed by atoms with E-state index in [0.29, 0.717) is 27.4 Å². The highest BCUT2D eigenvalue weighted by Gasteiger charge is 2.30. The number of thiocarbonyl (C=S) groups is 1. The van der Waals surface area contributed by atoms with Gasteiger partial charge in [-0.3, -0.25) is 9.69 Å². The first-order valence-electron chi connectivity index (χ1n) is 6.45. The summed E-state index contributed by atoms with van der Waals surface area (Å²) in [7, 11) is 0. The third-order valence-electron chi connectivity index (χ3n) is 3.01. The van der Waals surface area contributed by atoms with Crippen LogP contribution in [0.2, 0.25) is 0 Å². The predicted molar refractivity (Wildman–Crippen MR) is 87.5 cm³/mol. The SMILES string of the molecule is CCN1C(=O)C(=Cc2cnc(-c3ccccc3)o2)SC1=S. The molecule has 0 spiro atoms. The Balaban J connectivity index is 1.87. The van der Waals surface area contributed by atoms with E-state index in [1.807, 2.05) is 37.3 Å². The molecule has 1 aliphatic heterocycles. The molecule has 0 aliphatic carbocycles. The highest BCUT2D eigenvalue weighted by atomic mass is 32.2. The van der Waals surface area contributed by atoms with Gasteiger partial charge in [0.05, 0.1) is 11.1 Å². The fourth-order valence-corrected chi connectivity index (χ4v) is 3.33. The average molecular weight is 316 g/mol. The standard InChI is InChI=1S/C15H12N2O2S2/c1-2-17-14(18)12(21-15(17)20)8-11-9-16-13(19-11)10-6-4-3-5-7-10/h3-9H,2H2,1H3. The van der Waals surface area contributed by atoms with Gasteiger partial charge < -0.3 is 4.42 Å². The van der Waals surface area contributed by atoms with E-state index in [2.05, 4.69) is 4.98 Å². The highest BCUT2D eigenvalue weighted by Crippen LogP contribution is 2.32. The zero-order chi connectivity index (χ0) is 14.8. The molecule has 21 heavy (non-hydrogen) atoms. The van der Waals surface area contributed by atoms with Crippen LogP contribution in [0.3, 0.4) is 0 Å². The topological polar surface area (TPSA) is 46.3 Å². The Kier molecular flexibility index (Phi) is 3.90. The van der Waals surface area contributed by atoms with Crippen molar-refractivity contribution in [1.29, 1.82) is 0 Å². The second kappa shape index (κ2) is 5.83. The lowest BCUT2D eigenvalue weighted by Gasteiger charge is -2.09. The van der Waals surface area contributed by atoms with Crippen LogP contribution in [0.4, 0.5) is 0 Å². The Labute approximate surface area is 131 Å². The van der Waals surface area contributed by atoms with Crippen molar-refractivity contribution in [2.75, 3.05) is 6.54 Å². The zero-order valence-electron chi connectivity index (χ0n) is 11.3. The van der Waals surface area contributed by atoms with Crippen molar-refractivity contribution >= 4 is 40.3 Å². The number of amides is 1. The van der Waals surface area contributed by atoms with E-state index >= 15 is 0 Å². The van der Waals surface area contributed by atoms with Crippen LogP contribution in [-0.4, -0.2) is 26.7 Å². The largest absolute Gasteiger partial charge is 0.437 e. The summed E-state index contributed by atoms with van der Waals surface area (Å²) in [6.45, 7) is 2.48. The Bertz CT molecular complexity index is 722. The van der Waals surface area contributed by atoms with Gasteiger partial charge in [-0.15, -0.1) is 0 Å². The number of benzene rings is 1. The molecule has 4 nitrogen and oxygen atoms in total. The van der Waals surface area contributed by atoms with Crippen LogP contribution >= 0.6 is 24.0 Å². The van der Waals surface area contributed by atoms with E-state index < -0.39 is 0 Å². The molecule has 0 radical (unpaired) electrons. The molecule has 6 heteroatoms. The third-order valence-corrected chi connectivity index (χ3v) is 4.39. The van der Waals surface area contributed by atoms with Gasteiger partial charge in [-0.25, -0.2) is 4.98 Å². The first kappa shape index (κ1) is 14.0. The number of aromatic nitrogens is 1. The Morgan fingerprint density at radius 2 is 2.14 bits per heavy atom. The fraction of sp³-hybridized carbons (Fsp3) is 0.133. The number of rotatable bonds is 3. The predicted octanol–water partition coefficient (Wildman–Crippen LogP) is 3.56. The molecule has 0 bridgehead atoms. The molecular formula is C15H12N2O2S2. The lowest BCUT2D eigenvalue weighted by molar-refractivity contribution is -0.121. The van der Waals surface area contributed by atoms with Gasteiger partial charge in [-0.2, -0.15) is 0 Å². The summed E-state index contributed by atoms with van der Waals surface area (Å²) in [4.78, 5) is 18.5. The van der Waals surface area contributed by atoms with Crippen molar-refractivity contribution in [3.05, 3.63) is 47.2 Å². The average Bonchev–Trinajstić information content (AvgIpc) is 3.06. The van der Waals surface area contributed by atoms with Gasteiger partial charge in [-0.1, -0.05) is 42.2 Å². The van der Waals surface area contributed by atoms with E-state index in [1.54, 1.807) is 17.2 Å². The number of hydrogen-bond acceptors (Lipinski definition) is 5. The molecule has 0 saturated carbocycles. The van der Waals surface area contributed by atoms with Gasteiger partial charge in [0.15, 0.2) is 0 Å². The molecule has 1 aromatic carbocycles. The van der Waals surface area contributed by atoms with Gasteiger partial charge in [0.2, 0.25) is 5.89 Å². The van der Waals surface area contributed by atoms with E-state index in [-0.39, 0.29) is 5.91 Å². The molecule has 0 N–H and O–H groups in total. The quantitative estimate of drug-likeness (QED) is 0.640. The molecule has 106 valence electrons. The van der Waals surface area contributed by atoms with Crippen LogP contribution in [0.15, 0.2) is 45.9 Å². The molecule has 1 fully saturated rings. The van der Waals surface area contributed by atoms with Crippen LogP contribution in [-0.2, 0) is 4.79 Å². The first-order chi connectivity index (χ1) is 10.2. The Morgan fingerprint density at radius 1 is 1.38 bits per heavy atom. The zero-order valence-corrected chi connectivity index (χ0v) is 12.9. The summed E-state index contributed by atoms with van der Waals surface area (Å²) in [5.41, 5.74) is 0.901. The summed E-state index contributed by atoms with van der Waals surface area (Å²) in [5.74, 6) is 1.00. The van der Waals surface area contributed by atoms with E-state index in [4.69, 9.17) is 16.6 Å². The number of hydrogen-bond donors (Lipinski definition) is 0. The number of carbonyl (C=O) groups is 1.